The van der Waals surface area contributed by atoms with Crippen molar-refractivity contribution < 1.29 is 22.9 Å². The number of hydrogen-bond donors (Lipinski definition) is 3. The number of carbonyl (C=O) groups excluding carboxylic acids is 1. The number of carbonyl (C=O) groups is 1. The third kappa shape index (κ3) is 5.62. The van der Waals surface area contributed by atoms with Crippen LogP contribution in [-0.2, 0) is 14.8 Å². The number of thiophene rings is 1. The number of nitrogens with zero attached hydrogens (tertiary/aromatic N) is 1. The van der Waals surface area contributed by atoms with Gasteiger partial charge in [0.2, 0.25) is 0 Å². The first-order valence-corrected chi connectivity index (χ1v) is 11.4. The molecule has 0 aliphatic rings. The number of amides is 1. The van der Waals surface area contributed by atoms with Crippen LogP contribution in [-0.4, -0.2) is 26.4 Å². The molecule has 0 unspecified atom stereocenters. The molecule has 1 heterocycles. The van der Waals surface area contributed by atoms with Crippen LogP contribution in [0.15, 0.2) is 70.9 Å². The summed E-state index contributed by atoms with van der Waals surface area (Å²) < 4.78 is 32.9. The average Bonchev–Trinajstić information content (AvgIpc) is 3.30. The molecule has 10 nitrogen and oxygen atoms in total. The van der Waals surface area contributed by atoms with Crippen LogP contribution in [0, 0.1) is 10.1 Å². The smallest absolute Gasteiger partial charge is 0.295 e. The van der Waals surface area contributed by atoms with E-state index in [1.807, 2.05) is 17.5 Å². The van der Waals surface area contributed by atoms with Crippen molar-refractivity contribution in [1.29, 1.82) is 0 Å². The predicted molar refractivity (Wildman–Crippen MR) is 122 cm³/mol. The molecule has 0 aliphatic carbocycles. The number of anilines is 2. The molecule has 0 radical (unpaired) electrons. The fourth-order valence-corrected chi connectivity index (χ4v) is 4.29. The highest BCUT2D eigenvalue weighted by molar-refractivity contribution is 7.92. The van der Waals surface area contributed by atoms with Crippen molar-refractivity contribution in [1.82, 2.24) is 5.43 Å². The minimum absolute atomic E-state index is 0.0795. The molecule has 12 heteroatoms. The molecule has 0 saturated heterocycles. The maximum absolute atomic E-state index is 12.7. The molecule has 0 fully saturated rings. The number of para-hydroxylation sites is 2. The Morgan fingerprint density at radius 3 is 2.59 bits per heavy atom. The van der Waals surface area contributed by atoms with Gasteiger partial charge in [-0.1, -0.05) is 18.2 Å². The van der Waals surface area contributed by atoms with Crippen LogP contribution in [0.2, 0.25) is 0 Å². The number of benzene rings is 2. The molecule has 0 spiro atoms. The van der Waals surface area contributed by atoms with Crippen molar-refractivity contribution in [2.75, 3.05) is 17.3 Å². The zero-order valence-electron chi connectivity index (χ0n) is 16.6. The molecule has 32 heavy (non-hydrogen) atoms. The second-order valence-electron chi connectivity index (χ2n) is 6.20. The highest BCUT2D eigenvalue weighted by atomic mass is 32.2. The van der Waals surface area contributed by atoms with E-state index >= 15 is 0 Å². The predicted octanol–water partition coefficient (Wildman–Crippen LogP) is 3.62. The quantitative estimate of drug-likeness (QED) is 0.244. The van der Waals surface area contributed by atoms with E-state index in [9.17, 15) is 23.3 Å². The molecule has 3 N–H and O–H groups in total. The third-order valence-corrected chi connectivity index (χ3v) is 6.29. The van der Waals surface area contributed by atoms with E-state index in [1.165, 1.54) is 42.7 Å². The van der Waals surface area contributed by atoms with Gasteiger partial charge in [-0.25, -0.2) is 8.42 Å². The average molecular weight is 475 g/mol. The summed E-state index contributed by atoms with van der Waals surface area (Å²) in [6.45, 7) is 0. The van der Waals surface area contributed by atoms with Crippen molar-refractivity contribution in [2.24, 2.45) is 0 Å². The summed E-state index contributed by atoms with van der Waals surface area (Å²) in [5, 5.41) is 13.3. The molecule has 0 bridgehead atoms. The summed E-state index contributed by atoms with van der Waals surface area (Å²) in [5.74, 6) is -0.246. The molecule has 0 aliphatic heterocycles. The van der Waals surface area contributed by atoms with Gasteiger partial charge in [-0.2, -0.15) is 0 Å². The fourth-order valence-electron chi connectivity index (χ4n) is 2.58. The van der Waals surface area contributed by atoms with E-state index in [4.69, 9.17) is 4.74 Å². The van der Waals surface area contributed by atoms with Gasteiger partial charge in [-0.15, -0.1) is 11.3 Å². The summed E-state index contributed by atoms with van der Waals surface area (Å²) in [5.41, 5.74) is 4.33. The van der Waals surface area contributed by atoms with Gasteiger partial charge in [-0.05, 0) is 41.8 Å². The molecule has 3 rings (SSSR count). The van der Waals surface area contributed by atoms with Gasteiger partial charge in [-0.3, -0.25) is 30.5 Å². The zero-order valence-corrected chi connectivity index (χ0v) is 18.3. The number of ether oxygens (including phenoxy) is 1. The van der Waals surface area contributed by atoms with Gasteiger partial charge in [0.15, 0.2) is 0 Å². The standard InChI is InChI=1S/C20H18N4O6S2/c1-30-19-7-3-2-6-17(19)23-32(28,29)15-9-10-16(18(13-15)24(26)27)21-22-20(25)11-8-14-5-4-12-31-14/h2-13,21,23H,1H3,(H,22,25). The van der Waals surface area contributed by atoms with E-state index < -0.39 is 26.5 Å². The van der Waals surface area contributed by atoms with E-state index in [-0.39, 0.29) is 16.3 Å². The van der Waals surface area contributed by atoms with Crippen LogP contribution < -0.4 is 20.3 Å². The highest BCUT2D eigenvalue weighted by Gasteiger charge is 2.22. The zero-order chi connectivity index (χ0) is 23.1. The van der Waals surface area contributed by atoms with Gasteiger partial charge < -0.3 is 4.74 Å². The van der Waals surface area contributed by atoms with Crippen molar-refractivity contribution in [3.05, 3.63) is 81.0 Å². The fraction of sp³-hybridized carbons (Fsp3) is 0.0500. The lowest BCUT2D eigenvalue weighted by Gasteiger charge is -2.12. The van der Waals surface area contributed by atoms with Crippen LogP contribution in [0.5, 0.6) is 5.75 Å². The monoisotopic (exact) mass is 474 g/mol. The summed E-state index contributed by atoms with van der Waals surface area (Å²) in [6, 6.07) is 13.3. The first-order valence-electron chi connectivity index (χ1n) is 9.02. The molecule has 1 aromatic heterocycles. The number of hydrazine groups is 1. The number of sulfonamides is 1. The van der Waals surface area contributed by atoms with Gasteiger partial charge >= 0.3 is 0 Å². The molecule has 0 atom stereocenters. The Labute approximate surface area is 187 Å². The minimum Gasteiger partial charge on any atom is -0.495 e. The Morgan fingerprint density at radius 1 is 1.12 bits per heavy atom. The molecule has 1 amide bonds. The van der Waals surface area contributed by atoms with Gasteiger partial charge in [0.25, 0.3) is 21.6 Å². The van der Waals surface area contributed by atoms with Crippen LogP contribution in [0.1, 0.15) is 4.88 Å². The summed E-state index contributed by atoms with van der Waals surface area (Å²) >= 11 is 1.45. The number of methoxy groups -OCH3 is 1. The Morgan fingerprint density at radius 2 is 1.91 bits per heavy atom. The summed E-state index contributed by atoms with van der Waals surface area (Å²) in [6.07, 6.45) is 2.86. The Balaban J connectivity index is 1.78. The van der Waals surface area contributed by atoms with E-state index in [1.54, 1.807) is 24.3 Å². The van der Waals surface area contributed by atoms with Crippen molar-refractivity contribution in [2.45, 2.75) is 4.90 Å². The minimum atomic E-state index is -4.14. The van der Waals surface area contributed by atoms with Gasteiger partial charge in [0, 0.05) is 17.0 Å². The topological polar surface area (TPSA) is 140 Å². The Kier molecular flexibility index (Phi) is 7.07. The highest BCUT2D eigenvalue weighted by Crippen LogP contribution is 2.30. The van der Waals surface area contributed by atoms with Crippen LogP contribution in [0.4, 0.5) is 17.1 Å². The van der Waals surface area contributed by atoms with Crippen LogP contribution >= 0.6 is 11.3 Å². The number of nitro benzene ring substituents is 1. The number of nitro groups is 1. The molecule has 166 valence electrons. The van der Waals surface area contributed by atoms with Gasteiger partial charge in [0.1, 0.15) is 11.4 Å². The Hall–Kier alpha value is -3.90. The number of rotatable bonds is 9. The third-order valence-electron chi connectivity index (χ3n) is 4.09. The Bertz CT molecular complexity index is 1260. The second kappa shape index (κ2) is 9.94. The second-order valence-corrected chi connectivity index (χ2v) is 8.87. The largest absolute Gasteiger partial charge is 0.495 e. The van der Waals surface area contributed by atoms with Crippen molar-refractivity contribution in [3.63, 3.8) is 0 Å². The molecular formula is C20H18N4O6S2. The number of hydrogen-bond acceptors (Lipinski definition) is 8. The van der Waals surface area contributed by atoms with Gasteiger partial charge in [0.05, 0.1) is 22.6 Å². The van der Waals surface area contributed by atoms with E-state index in [0.29, 0.717) is 5.75 Å². The maximum Gasteiger partial charge on any atom is 0.295 e. The van der Waals surface area contributed by atoms with E-state index in [2.05, 4.69) is 15.6 Å². The molecule has 3 aromatic rings. The van der Waals surface area contributed by atoms with Crippen LogP contribution in [0.25, 0.3) is 6.08 Å². The summed E-state index contributed by atoms with van der Waals surface area (Å²) in [4.78, 5) is 23.2. The van der Waals surface area contributed by atoms with Crippen molar-refractivity contribution >= 4 is 50.4 Å². The van der Waals surface area contributed by atoms with Crippen molar-refractivity contribution in [3.8, 4) is 5.75 Å². The first-order chi connectivity index (χ1) is 15.3. The summed E-state index contributed by atoms with van der Waals surface area (Å²) in [7, 11) is -2.75. The lowest BCUT2D eigenvalue weighted by Crippen LogP contribution is -2.28. The molecule has 2 aromatic carbocycles. The number of nitrogens with one attached hydrogen (secondary N) is 3. The van der Waals surface area contributed by atoms with E-state index in [0.717, 1.165) is 10.9 Å². The lowest BCUT2D eigenvalue weighted by atomic mass is 10.3. The maximum atomic E-state index is 12.7. The molecule has 0 saturated carbocycles. The normalized spacial score (nSPS) is 11.2. The van der Waals surface area contributed by atoms with Crippen LogP contribution in [0.3, 0.4) is 0 Å². The molecular weight excluding hydrogens is 456 g/mol. The first kappa shape index (κ1) is 22.8. The lowest BCUT2D eigenvalue weighted by molar-refractivity contribution is -0.384. The SMILES string of the molecule is COc1ccccc1NS(=O)(=O)c1ccc(NNC(=O)C=Cc2cccs2)c([N+](=O)[O-])c1.